The Kier molecular flexibility index (Phi) is 5.22. The average Bonchev–Trinajstić information content (AvgIpc) is 2.50. The number of hydrogen-bond acceptors (Lipinski definition) is 4. The Balaban J connectivity index is 2.34. The molecule has 0 aliphatic heterocycles. The largest absolute Gasteiger partial charge is 0.465 e. The quantitative estimate of drug-likeness (QED) is 0.870. The van der Waals surface area contributed by atoms with Gasteiger partial charge in [0.2, 0.25) is 5.91 Å². The third-order valence-electron chi connectivity index (χ3n) is 2.96. The highest BCUT2D eigenvalue weighted by molar-refractivity contribution is 7.99. The van der Waals surface area contributed by atoms with E-state index in [0.717, 1.165) is 9.79 Å². The predicted octanol–water partition coefficient (Wildman–Crippen LogP) is 3.89. The summed E-state index contributed by atoms with van der Waals surface area (Å²) >= 11 is 1.53. The molecule has 0 aliphatic rings. The van der Waals surface area contributed by atoms with E-state index in [0.29, 0.717) is 11.3 Å². The van der Waals surface area contributed by atoms with Gasteiger partial charge in [-0.15, -0.1) is 0 Å². The van der Waals surface area contributed by atoms with Gasteiger partial charge in [-0.05, 0) is 37.3 Å². The monoisotopic (exact) mass is 315 g/mol. The molecule has 1 N–H and O–H groups in total. The zero-order chi connectivity index (χ0) is 16.1. The van der Waals surface area contributed by atoms with Crippen LogP contribution in [0.2, 0.25) is 0 Å². The molecule has 5 heteroatoms. The van der Waals surface area contributed by atoms with Gasteiger partial charge in [0.15, 0.2) is 0 Å². The van der Waals surface area contributed by atoms with E-state index in [1.54, 1.807) is 12.1 Å². The van der Waals surface area contributed by atoms with Gasteiger partial charge in [-0.1, -0.05) is 29.5 Å². The first kappa shape index (κ1) is 16.1. The van der Waals surface area contributed by atoms with Crippen molar-refractivity contribution in [1.29, 1.82) is 0 Å². The van der Waals surface area contributed by atoms with E-state index in [2.05, 4.69) is 5.32 Å². The van der Waals surface area contributed by atoms with E-state index in [-0.39, 0.29) is 5.91 Å². The van der Waals surface area contributed by atoms with Crippen LogP contribution in [0.5, 0.6) is 0 Å². The summed E-state index contributed by atoms with van der Waals surface area (Å²) in [5.41, 5.74) is 2.19. The molecule has 114 valence electrons. The van der Waals surface area contributed by atoms with Crippen molar-refractivity contribution in [2.24, 2.45) is 0 Å². The topological polar surface area (TPSA) is 55.4 Å². The summed E-state index contributed by atoms with van der Waals surface area (Å²) < 4.78 is 4.71. The van der Waals surface area contributed by atoms with Crippen LogP contribution in [-0.4, -0.2) is 19.0 Å². The minimum absolute atomic E-state index is 0.187. The smallest absolute Gasteiger partial charge is 0.337 e. The fourth-order valence-corrected chi connectivity index (χ4v) is 2.77. The number of amides is 1. The van der Waals surface area contributed by atoms with Gasteiger partial charge in [-0.2, -0.15) is 0 Å². The van der Waals surface area contributed by atoms with Crippen molar-refractivity contribution in [1.82, 2.24) is 0 Å². The molecule has 1 amide bonds. The van der Waals surface area contributed by atoms with Gasteiger partial charge < -0.3 is 10.1 Å². The maximum Gasteiger partial charge on any atom is 0.337 e. The van der Waals surface area contributed by atoms with Crippen LogP contribution in [0.3, 0.4) is 0 Å². The van der Waals surface area contributed by atoms with E-state index in [4.69, 9.17) is 4.74 Å². The number of nitrogens with one attached hydrogen (secondary N) is 1. The number of rotatable bonds is 4. The lowest BCUT2D eigenvalue weighted by atomic mass is 10.2. The van der Waals surface area contributed by atoms with E-state index < -0.39 is 5.97 Å². The summed E-state index contributed by atoms with van der Waals surface area (Å²) in [6.07, 6.45) is 0. The maximum atomic E-state index is 11.6. The number of anilines is 1. The molecule has 0 saturated heterocycles. The normalized spacial score (nSPS) is 10.1. The molecular formula is C17H17NO3S. The number of benzene rings is 2. The molecule has 2 rings (SSSR count). The molecule has 0 unspecified atom stereocenters. The molecule has 0 aromatic heterocycles. The number of hydrogen-bond donors (Lipinski definition) is 1. The van der Waals surface area contributed by atoms with Crippen LogP contribution in [0.4, 0.5) is 5.69 Å². The molecular weight excluding hydrogens is 298 g/mol. The summed E-state index contributed by atoms with van der Waals surface area (Å²) in [6, 6.07) is 13.2. The highest BCUT2D eigenvalue weighted by Gasteiger charge is 2.12. The van der Waals surface area contributed by atoms with E-state index in [1.807, 2.05) is 37.3 Å². The lowest BCUT2D eigenvalue weighted by molar-refractivity contribution is -0.114. The third kappa shape index (κ3) is 4.11. The maximum absolute atomic E-state index is 11.6. The fourth-order valence-electron chi connectivity index (χ4n) is 1.88. The van der Waals surface area contributed by atoms with Crippen molar-refractivity contribution in [3.05, 3.63) is 53.6 Å². The third-order valence-corrected chi connectivity index (χ3v) is 4.04. The van der Waals surface area contributed by atoms with Crippen molar-refractivity contribution in [3.63, 3.8) is 0 Å². The van der Waals surface area contributed by atoms with Gasteiger partial charge in [0.1, 0.15) is 0 Å². The highest BCUT2D eigenvalue weighted by atomic mass is 32.2. The lowest BCUT2D eigenvalue weighted by Crippen LogP contribution is -2.09. The molecule has 0 spiro atoms. The SMILES string of the molecule is COC(=O)c1ccc(Sc2ccc(C)cc2)c(NC(C)=O)c1. The standard InChI is InChI=1S/C17H17NO3S/c1-11-4-7-14(8-5-11)22-16-9-6-13(17(20)21-3)10-15(16)18-12(2)19/h4-10H,1-3H3,(H,18,19). The van der Waals surface area contributed by atoms with Crippen molar-refractivity contribution < 1.29 is 14.3 Å². The highest BCUT2D eigenvalue weighted by Crippen LogP contribution is 2.34. The van der Waals surface area contributed by atoms with Crippen molar-refractivity contribution in [2.75, 3.05) is 12.4 Å². The van der Waals surface area contributed by atoms with E-state index in [9.17, 15) is 9.59 Å². The van der Waals surface area contributed by atoms with Gasteiger partial charge in [0, 0.05) is 16.7 Å². The second-order valence-electron chi connectivity index (χ2n) is 4.80. The van der Waals surface area contributed by atoms with Gasteiger partial charge in [0.05, 0.1) is 18.4 Å². The minimum Gasteiger partial charge on any atom is -0.465 e. The molecule has 0 atom stereocenters. The Morgan fingerprint density at radius 2 is 1.77 bits per heavy atom. The van der Waals surface area contributed by atoms with Crippen molar-refractivity contribution >= 4 is 29.3 Å². The van der Waals surface area contributed by atoms with Crippen molar-refractivity contribution in [2.45, 2.75) is 23.6 Å². The molecule has 0 heterocycles. The molecule has 22 heavy (non-hydrogen) atoms. The number of carbonyl (C=O) groups is 2. The molecule has 2 aromatic carbocycles. The molecule has 2 aromatic rings. The summed E-state index contributed by atoms with van der Waals surface area (Å²) in [5, 5.41) is 2.76. The van der Waals surface area contributed by atoms with Crippen LogP contribution in [-0.2, 0) is 9.53 Å². The van der Waals surface area contributed by atoms with Gasteiger partial charge in [0.25, 0.3) is 0 Å². The number of carbonyl (C=O) groups excluding carboxylic acids is 2. The second kappa shape index (κ2) is 7.13. The zero-order valence-corrected chi connectivity index (χ0v) is 13.5. The summed E-state index contributed by atoms with van der Waals surface area (Å²) in [6.45, 7) is 3.47. The van der Waals surface area contributed by atoms with Gasteiger partial charge in [-0.3, -0.25) is 4.79 Å². The van der Waals surface area contributed by atoms with Gasteiger partial charge in [-0.25, -0.2) is 4.79 Å². The lowest BCUT2D eigenvalue weighted by Gasteiger charge is -2.11. The zero-order valence-electron chi connectivity index (χ0n) is 12.7. The number of esters is 1. The molecule has 0 fully saturated rings. The Hall–Kier alpha value is -2.27. The first-order chi connectivity index (χ1) is 10.5. The molecule has 0 saturated carbocycles. The Bertz CT molecular complexity index is 696. The average molecular weight is 315 g/mol. The van der Waals surface area contributed by atoms with Gasteiger partial charge >= 0.3 is 5.97 Å². The first-order valence-corrected chi connectivity index (χ1v) is 7.55. The van der Waals surface area contributed by atoms with E-state index >= 15 is 0 Å². The minimum atomic E-state index is -0.432. The predicted molar refractivity (Wildman–Crippen MR) is 87.4 cm³/mol. The van der Waals surface area contributed by atoms with Crippen molar-refractivity contribution in [3.8, 4) is 0 Å². The molecule has 0 aliphatic carbocycles. The number of methoxy groups -OCH3 is 1. The molecule has 0 bridgehead atoms. The second-order valence-corrected chi connectivity index (χ2v) is 5.91. The summed E-state index contributed by atoms with van der Waals surface area (Å²) in [5.74, 6) is -0.619. The molecule has 4 nitrogen and oxygen atoms in total. The first-order valence-electron chi connectivity index (χ1n) is 6.74. The Morgan fingerprint density at radius 1 is 1.09 bits per heavy atom. The Morgan fingerprint density at radius 3 is 2.36 bits per heavy atom. The van der Waals surface area contributed by atoms with E-state index in [1.165, 1.54) is 31.4 Å². The number of ether oxygens (including phenoxy) is 1. The van der Waals surface area contributed by atoms with Crippen LogP contribution in [0, 0.1) is 6.92 Å². The summed E-state index contributed by atoms with van der Waals surface area (Å²) in [4.78, 5) is 24.9. The van der Waals surface area contributed by atoms with Crippen LogP contribution < -0.4 is 5.32 Å². The van der Waals surface area contributed by atoms with Crippen LogP contribution >= 0.6 is 11.8 Å². The van der Waals surface area contributed by atoms with Crippen LogP contribution in [0.1, 0.15) is 22.8 Å². The Labute approximate surface area is 133 Å². The number of aryl methyl sites for hydroxylation is 1. The van der Waals surface area contributed by atoms with Crippen LogP contribution in [0.15, 0.2) is 52.3 Å². The fraction of sp³-hybridized carbons (Fsp3) is 0.176. The van der Waals surface area contributed by atoms with Crippen LogP contribution in [0.25, 0.3) is 0 Å². The molecule has 0 radical (unpaired) electrons. The summed E-state index contributed by atoms with van der Waals surface area (Å²) in [7, 11) is 1.33.